The van der Waals surface area contributed by atoms with Crippen LogP contribution in [0.15, 0.2) is 0 Å². The van der Waals surface area contributed by atoms with Crippen molar-refractivity contribution in [1.82, 2.24) is 9.80 Å². The summed E-state index contributed by atoms with van der Waals surface area (Å²) in [5.41, 5.74) is 11.2. The number of Topliss-reactive ketones (excluding diaryl/α,β-unsaturated/α-hetero) is 1. The van der Waals surface area contributed by atoms with Gasteiger partial charge in [0.2, 0.25) is 17.7 Å². The van der Waals surface area contributed by atoms with Gasteiger partial charge in [-0.05, 0) is 18.8 Å². The number of amides is 3. The Bertz CT molecular complexity index is 577. The maximum absolute atomic E-state index is 12.5. The molecule has 0 aromatic heterocycles. The van der Waals surface area contributed by atoms with Crippen molar-refractivity contribution in [3.05, 3.63) is 0 Å². The third kappa shape index (κ3) is 3.84. The molecule has 4 unspecified atom stereocenters. The van der Waals surface area contributed by atoms with Gasteiger partial charge in [-0.25, -0.2) is 0 Å². The minimum absolute atomic E-state index is 0.00998. The van der Waals surface area contributed by atoms with E-state index in [1.54, 1.807) is 11.8 Å². The molecule has 2 aliphatic heterocycles. The number of primary amides is 1. The number of hydrogen-bond acceptors (Lipinski definition) is 5. The maximum Gasteiger partial charge on any atom is 0.240 e. The molecular weight excluding hydrogens is 324 g/mol. The van der Waals surface area contributed by atoms with Gasteiger partial charge in [0.25, 0.3) is 0 Å². The molecule has 2 fully saturated rings. The molecule has 2 heterocycles. The van der Waals surface area contributed by atoms with E-state index in [-0.39, 0.29) is 48.4 Å². The molecule has 0 saturated carbocycles. The molecule has 25 heavy (non-hydrogen) atoms. The largest absolute Gasteiger partial charge is 0.369 e. The summed E-state index contributed by atoms with van der Waals surface area (Å²) in [6.45, 7) is 5.85. The molecule has 8 heteroatoms. The highest BCUT2D eigenvalue weighted by Crippen LogP contribution is 2.31. The third-order valence-electron chi connectivity index (χ3n) is 5.31. The van der Waals surface area contributed by atoms with Gasteiger partial charge >= 0.3 is 0 Å². The van der Waals surface area contributed by atoms with Crippen LogP contribution >= 0.6 is 0 Å². The smallest absolute Gasteiger partial charge is 0.240 e. The van der Waals surface area contributed by atoms with Crippen LogP contribution < -0.4 is 11.5 Å². The Morgan fingerprint density at radius 2 is 1.84 bits per heavy atom. The average molecular weight is 352 g/mol. The van der Waals surface area contributed by atoms with Crippen LogP contribution in [0.25, 0.3) is 0 Å². The first-order chi connectivity index (χ1) is 11.6. The van der Waals surface area contributed by atoms with Crippen LogP contribution in [0.2, 0.25) is 0 Å². The van der Waals surface area contributed by atoms with Crippen LogP contribution in [-0.4, -0.2) is 64.5 Å². The summed E-state index contributed by atoms with van der Waals surface area (Å²) < 4.78 is 0. The van der Waals surface area contributed by atoms with E-state index in [2.05, 4.69) is 0 Å². The molecule has 2 aliphatic rings. The quantitative estimate of drug-likeness (QED) is 0.650. The van der Waals surface area contributed by atoms with Crippen molar-refractivity contribution < 1.29 is 19.2 Å². The maximum atomic E-state index is 12.5. The number of hydrogen-bond donors (Lipinski definition) is 2. The van der Waals surface area contributed by atoms with Crippen LogP contribution in [0.1, 0.15) is 40.0 Å². The summed E-state index contributed by atoms with van der Waals surface area (Å²) >= 11 is 0. The van der Waals surface area contributed by atoms with Crippen LogP contribution in [0.4, 0.5) is 0 Å². The molecule has 4 N–H and O–H groups in total. The van der Waals surface area contributed by atoms with Gasteiger partial charge in [0.1, 0.15) is 6.04 Å². The fourth-order valence-electron chi connectivity index (χ4n) is 3.49. The molecule has 3 amide bonds. The monoisotopic (exact) mass is 352 g/mol. The van der Waals surface area contributed by atoms with Crippen LogP contribution in [0.5, 0.6) is 0 Å². The van der Waals surface area contributed by atoms with E-state index in [1.807, 2.05) is 13.8 Å². The van der Waals surface area contributed by atoms with E-state index < -0.39 is 18.0 Å². The molecule has 0 aromatic rings. The van der Waals surface area contributed by atoms with Crippen LogP contribution in [0, 0.1) is 11.8 Å². The molecule has 140 valence electrons. The molecule has 2 saturated heterocycles. The standard InChI is InChI=1S/C17H28N4O4/c1-9(2)14(18)17(25)21-8-12(22)15-11(21)6-7-20(15)13(23)5-4-10(3)16(19)24/h9-11,14-15H,4-8,18H2,1-3H3,(H2,19,24). The Labute approximate surface area is 147 Å². The number of likely N-dealkylation sites (tertiary alicyclic amines) is 2. The number of carbonyl (C=O) groups is 4. The van der Waals surface area contributed by atoms with Gasteiger partial charge in [0, 0.05) is 18.9 Å². The van der Waals surface area contributed by atoms with Crippen LogP contribution in [0.3, 0.4) is 0 Å². The molecule has 2 rings (SSSR count). The second-order valence-electron chi connectivity index (χ2n) is 7.43. The van der Waals surface area contributed by atoms with Crippen molar-refractivity contribution in [3.63, 3.8) is 0 Å². The molecule has 8 nitrogen and oxygen atoms in total. The predicted molar refractivity (Wildman–Crippen MR) is 91.0 cm³/mol. The van der Waals surface area contributed by atoms with Crippen molar-refractivity contribution in [1.29, 1.82) is 0 Å². The van der Waals surface area contributed by atoms with Gasteiger partial charge in [-0.15, -0.1) is 0 Å². The van der Waals surface area contributed by atoms with Gasteiger partial charge in [-0.3, -0.25) is 19.2 Å². The van der Waals surface area contributed by atoms with Crippen molar-refractivity contribution in [2.24, 2.45) is 23.3 Å². The Morgan fingerprint density at radius 3 is 2.40 bits per heavy atom. The lowest BCUT2D eigenvalue weighted by Gasteiger charge is -2.27. The predicted octanol–water partition coefficient (Wildman–Crippen LogP) is -0.748. The zero-order valence-electron chi connectivity index (χ0n) is 15.1. The van der Waals surface area contributed by atoms with Crippen molar-refractivity contribution >= 4 is 23.5 Å². The summed E-state index contributed by atoms with van der Waals surface area (Å²) in [7, 11) is 0. The lowest BCUT2D eigenvalue weighted by molar-refractivity contribution is -0.136. The molecule has 4 atom stereocenters. The summed E-state index contributed by atoms with van der Waals surface area (Å²) in [5.74, 6) is -1.37. The van der Waals surface area contributed by atoms with E-state index in [4.69, 9.17) is 11.5 Å². The Hall–Kier alpha value is -1.96. The number of nitrogens with two attached hydrogens (primary N) is 2. The summed E-state index contributed by atoms with van der Waals surface area (Å²) in [6.07, 6.45) is 1.10. The van der Waals surface area contributed by atoms with Crippen molar-refractivity contribution in [3.8, 4) is 0 Å². The van der Waals surface area contributed by atoms with Crippen LogP contribution in [-0.2, 0) is 19.2 Å². The fraction of sp³-hybridized carbons (Fsp3) is 0.765. The highest BCUT2D eigenvalue weighted by atomic mass is 16.2. The first-order valence-corrected chi connectivity index (χ1v) is 8.82. The minimum Gasteiger partial charge on any atom is -0.369 e. The third-order valence-corrected chi connectivity index (χ3v) is 5.31. The van der Waals surface area contributed by atoms with Crippen molar-refractivity contribution in [2.45, 2.75) is 58.2 Å². The second kappa shape index (κ2) is 7.51. The molecular formula is C17H28N4O4. The Morgan fingerprint density at radius 1 is 1.20 bits per heavy atom. The summed E-state index contributed by atoms with van der Waals surface area (Å²) in [5, 5.41) is 0. The lowest BCUT2D eigenvalue weighted by atomic mass is 10.0. The highest BCUT2D eigenvalue weighted by Gasteiger charge is 2.51. The van der Waals surface area contributed by atoms with Gasteiger partial charge in [-0.1, -0.05) is 20.8 Å². The van der Waals surface area contributed by atoms with Crippen molar-refractivity contribution in [2.75, 3.05) is 13.1 Å². The van der Waals surface area contributed by atoms with E-state index in [9.17, 15) is 19.2 Å². The number of rotatable bonds is 6. The average Bonchev–Trinajstić information content (AvgIpc) is 3.12. The Kier molecular flexibility index (Phi) is 5.82. The number of carbonyl (C=O) groups excluding carboxylic acids is 4. The molecule has 0 bridgehead atoms. The first-order valence-electron chi connectivity index (χ1n) is 8.82. The van der Waals surface area contributed by atoms with E-state index >= 15 is 0 Å². The minimum atomic E-state index is -0.646. The number of ketones is 1. The highest BCUT2D eigenvalue weighted by molar-refractivity contribution is 5.98. The summed E-state index contributed by atoms with van der Waals surface area (Å²) in [6, 6.07) is -1.52. The topological polar surface area (TPSA) is 127 Å². The number of fused-ring (bicyclic) bond motifs is 1. The van der Waals surface area contributed by atoms with E-state index in [0.717, 1.165) is 0 Å². The van der Waals surface area contributed by atoms with E-state index in [0.29, 0.717) is 19.4 Å². The fourth-order valence-corrected chi connectivity index (χ4v) is 3.49. The van der Waals surface area contributed by atoms with Gasteiger partial charge < -0.3 is 21.3 Å². The zero-order valence-corrected chi connectivity index (χ0v) is 15.1. The van der Waals surface area contributed by atoms with E-state index in [1.165, 1.54) is 4.90 Å². The lowest BCUT2D eigenvalue weighted by Crippen LogP contribution is -2.49. The van der Waals surface area contributed by atoms with Gasteiger partial charge in [0.05, 0.1) is 18.6 Å². The zero-order chi connectivity index (χ0) is 18.9. The molecule has 0 aliphatic carbocycles. The normalized spacial score (nSPS) is 25.2. The van der Waals surface area contributed by atoms with Gasteiger partial charge in [0.15, 0.2) is 5.78 Å². The Balaban J connectivity index is 2.03. The van der Waals surface area contributed by atoms with Gasteiger partial charge in [-0.2, -0.15) is 0 Å². The second-order valence-corrected chi connectivity index (χ2v) is 7.43. The molecule has 0 radical (unpaired) electrons. The first kappa shape index (κ1) is 19.4. The molecule has 0 spiro atoms. The molecule has 0 aromatic carbocycles. The number of nitrogens with zero attached hydrogens (tertiary/aromatic N) is 2. The SMILES string of the molecule is CC(CCC(=O)N1CCC2C1C(=O)CN2C(=O)C(N)C(C)C)C(N)=O. The summed E-state index contributed by atoms with van der Waals surface area (Å²) in [4.78, 5) is 51.6.